The summed E-state index contributed by atoms with van der Waals surface area (Å²) in [5.41, 5.74) is 4.39. The van der Waals surface area contributed by atoms with Crippen molar-refractivity contribution in [3.05, 3.63) is 75.1 Å². The summed E-state index contributed by atoms with van der Waals surface area (Å²) in [6, 6.07) is 13.5. The fourth-order valence-corrected chi connectivity index (χ4v) is 3.17. The predicted molar refractivity (Wildman–Crippen MR) is 107 cm³/mol. The van der Waals surface area contributed by atoms with Gasteiger partial charge < -0.3 is 14.6 Å². The number of pyridine rings is 1. The number of aromatic amines is 1. The Labute approximate surface area is 158 Å². The largest absolute Gasteiger partial charge is 0.497 e. The van der Waals surface area contributed by atoms with Gasteiger partial charge in [0.05, 0.1) is 19.2 Å². The number of hydrogen-bond donors (Lipinski definition) is 1. The van der Waals surface area contributed by atoms with Crippen LogP contribution in [0.1, 0.15) is 29.2 Å². The zero-order valence-electron chi connectivity index (χ0n) is 16.1. The van der Waals surface area contributed by atoms with E-state index in [0.717, 1.165) is 33.3 Å². The minimum Gasteiger partial charge on any atom is -0.497 e. The number of fused-ring (bicyclic) bond motifs is 1. The number of carbonyl (C=O) groups is 1. The molecule has 5 heteroatoms. The molecule has 2 aromatic carbocycles. The van der Waals surface area contributed by atoms with Gasteiger partial charge in [-0.25, -0.2) is 0 Å². The number of rotatable bonds is 5. The number of ether oxygens (including phenoxy) is 1. The molecule has 1 amide bonds. The second kappa shape index (κ2) is 7.66. The van der Waals surface area contributed by atoms with Crippen molar-refractivity contribution in [3.63, 3.8) is 0 Å². The van der Waals surface area contributed by atoms with Crippen LogP contribution in [-0.4, -0.2) is 22.9 Å². The van der Waals surface area contributed by atoms with Crippen molar-refractivity contribution in [2.24, 2.45) is 0 Å². The minimum atomic E-state index is -0.155. The molecule has 0 bridgehead atoms. The molecule has 1 heterocycles. The number of aryl methyl sites for hydroxylation is 2. The molecule has 0 aliphatic rings. The molecule has 0 saturated heterocycles. The molecule has 0 radical (unpaired) electrons. The van der Waals surface area contributed by atoms with Crippen molar-refractivity contribution in [3.8, 4) is 5.75 Å². The SMILES string of the molecule is COc1ccc(CN(Cc2cc3c(C)ccc(C)c3[nH]c2=O)C(C)=O)cc1. The Hall–Kier alpha value is -3.08. The van der Waals surface area contributed by atoms with E-state index in [1.807, 2.05) is 56.3 Å². The van der Waals surface area contributed by atoms with Crippen LogP contribution in [0.4, 0.5) is 0 Å². The molecule has 5 nitrogen and oxygen atoms in total. The van der Waals surface area contributed by atoms with Crippen LogP contribution in [0.5, 0.6) is 5.75 Å². The highest BCUT2D eigenvalue weighted by atomic mass is 16.5. The molecule has 3 aromatic rings. The highest BCUT2D eigenvalue weighted by molar-refractivity contribution is 5.85. The summed E-state index contributed by atoms with van der Waals surface area (Å²) >= 11 is 0. The van der Waals surface area contributed by atoms with Crippen LogP contribution in [0.2, 0.25) is 0 Å². The zero-order valence-corrected chi connectivity index (χ0v) is 16.1. The number of benzene rings is 2. The molecular formula is C22H24N2O3. The molecule has 0 aliphatic heterocycles. The Morgan fingerprint density at radius 3 is 2.33 bits per heavy atom. The molecule has 3 rings (SSSR count). The number of methoxy groups -OCH3 is 1. The first-order valence-corrected chi connectivity index (χ1v) is 8.89. The van der Waals surface area contributed by atoms with Gasteiger partial charge in [-0.2, -0.15) is 0 Å². The summed E-state index contributed by atoms with van der Waals surface area (Å²) in [6.45, 7) is 6.21. The average Bonchev–Trinajstić information content (AvgIpc) is 2.65. The Balaban J connectivity index is 1.92. The molecule has 0 aliphatic carbocycles. The lowest BCUT2D eigenvalue weighted by atomic mass is 10.0. The van der Waals surface area contributed by atoms with Crippen LogP contribution in [0.25, 0.3) is 10.9 Å². The number of carbonyl (C=O) groups excluding carboxylic acids is 1. The lowest BCUT2D eigenvalue weighted by Gasteiger charge is -2.21. The molecule has 140 valence electrons. The van der Waals surface area contributed by atoms with Crippen molar-refractivity contribution in [2.75, 3.05) is 7.11 Å². The quantitative estimate of drug-likeness (QED) is 0.751. The van der Waals surface area contributed by atoms with Gasteiger partial charge in [-0.15, -0.1) is 0 Å². The summed E-state index contributed by atoms with van der Waals surface area (Å²) in [7, 11) is 1.62. The predicted octanol–water partition coefficient (Wildman–Crippen LogP) is 3.70. The highest BCUT2D eigenvalue weighted by Gasteiger charge is 2.14. The Kier molecular flexibility index (Phi) is 5.31. The van der Waals surface area contributed by atoms with Crippen molar-refractivity contribution in [2.45, 2.75) is 33.9 Å². The van der Waals surface area contributed by atoms with E-state index in [2.05, 4.69) is 4.98 Å². The number of amides is 1. The van der Waals surface area contributed by atoms with E-state index in [1.165, 1.54) is 6.92 Å². The summed E-state index contributed by atoms with van der Waals surface area (Å²) in [6.07, 6.45) is 0. The molecular weight excluding hydrogens is 340 g/mol. The van der Waals surface area contributed by atoms with E-state index in [9.17, 15) is 9.59 Å². The maximum atomic E-state index is 12.6. The van der Waals surface area contributed by atoms with Crippen LogP contribution in [0.15, 0.2) is 47.3 Å². The van der Waals surface area contributed by atoms with E-state index in [-0.39, 0.29) is 18.0 Å². The summed E-state index contributed by atoms with van der Waals surface area (Å²) in [5.74, 6) is 0.691. The van der Waals surface area contributed by atoms with E-state index >= 15 is 0 Å². The van der Waals surface area contributed by atoms with Gasteiger partial charge in [0.2, 0.25) is 5.91 Å². The van der Waals surface area contributed by atoms with E-state index < -0.39 is 0 Å². The first-order valence-electron chi connectivity index (χ1n) is 8.89. The van der Waals surface area contributed by atoms with Gasteiger partial charge in [0, 0.05) is 24.4 Å². The number of nitrogens with zero attached hydrogens (tertiary/aromatic N) is 1. The summed E-state index contributed by atoms with van der Waals surface area (Å²) < 4.78 is 5.17. The topological polar surface area (TPSA) is 62.4 Å². The highest BCUT2D eigenvalue weighted by Crippen LogP contribution is 2.21. The van der Waals surface area contributed by atoms with Gasteiger partial charge in [0.1, 0.15) is 5.75 Å². The van der Waals surface area contributed by atoms with Crippen molar-refractivity contribution in [1.82, 2.24) is 9.88 Å². The second-order valence-electron chi connectivity index (χ2n) is 6.83. The van der Waals surface area contributed by atoms with Crippen molar-refractivity contribution < 1.29 is 9.53 Å². The number of H-pyrrole nitrogens is 1. The Morgan fingerprint density at radius 1 is 1.04 bits per heavy atom. The van der Waals surface area contributed by atoms with Gasteiger partial charge in [0.15, 0.2) is 0 Å². The minimum absolute atomic E-state index is 0.0775. The van der Waals surface area contributed by atoms with E-state index in [0.29, 0.717) is 12.1 Å². The second-order valence-corrected chi connectivity index (χ2v) is 6.83. The van der Waals surface area contributed by atoms with Crippen LogP contribution in [0.3, 0.4) is 0 Å². The first kappa shape index (κ1) is 18.7. The standard InChI is InChI=1S/C22H24N2O3/c1-14-5-6-15(2)21-20(14)11-18(22(26)23-21)13-24(16(3)25)12-17-7-9-19(27-4)10-8-17/h5-11H,12-13H2,1-4H3,(H,23,26). The van der Waals surface area contributed by atoms with Crippen LogP contribution >= 0.6 is 0 Å². The van der Waals surface area contributed by atoms with Crippen LogP contribution in [-0.2, 0) is 17.9 Å². The molecule has 1 aromatic heterocycles. The zero-order chi connectivity index (χ0) is 19.6. The maximum Gasteiger partial charge on any atom is 0.253 e. The molecule has 27 heavy (non-hydrogen) atoms. The fraction of sp³-hybridized carbons (Fsp3) is 0.273. The normalized spacial score (nSPS) is 10.8. The van der Waals surface area contributed by atoms with Crippen molar-refractivity contribution >= 4 is 16.8 Å². The van der Waals surface area contributed by atoms with Crippen LogP contribution < -0.4 is 10.3 Å². The average molecular weight is 364 g/mol. The molecule has 0 spiro atoms. The third kappa shape index (κ3) is 4.03. The maximum absolute atomic E-state index is 12.6. The van der Waals surface area contributed by atoms with Gasteiger partial charge in [-0.1, -0.05) is 24.3 Å². The third-order valence-corrected chi connectivity index (χ3v) is 4.86. The Morgan fingerprint density at radius 2 is 1.70 bits per heavy atom. The monoisotopic (exact) mass is 364 g/mol. The van der Waals surface area contributed by atoms with Crippen molar-refractivity contribution in [1.29, 1.82) is 0 Å². The fourth-order valence-electron chi connectivity index (χ4n) is 3.17. The molecule has 1 N–H and O–H groups in total. The van der Waals surface area contributed by atoms with Gasteiger partial charge in [0.25, 0.3) is 5.56 Å². The molecule has 0 saturated carbocycles. The lowest BCUT2D eigenvalue weighted by molar-refractivity contribution is -0.130. The molecule has 0 atom stereocenters. The summed E-state index contributed by atoms with van der Waals surface area (Å²) in [5, 5.41) is 1.01. The third-order valence-electron chi connectivity index (χ3n) is 4.86. The van der Waals surface area contributed by atoms with Crippen LogP contribution in [0, 0.1) is 13.8 Å². The van der Waals surface area contributed by atoms with Gasteiger partial charge >= 0.3 is 0 Å². The first-order chi connectivity index (χ1) is 12.9. The Bertz CT molecular complexity index is 1040. The smallest absolute Gasteiger partial charge is 0.253 e. The van der Waals surface area contributed by atoms with E-state index in [1.54, 1.807) is 12.0 Å². The summed E-state index contributed by atoms with van der Waals surface area (Å²) in [4.78, 5) is 29.4. The molecule has 0 unspecified atom stereocenters. The van der Waals surface area contributed by atoms with E-state index in [4.69, 9.17) is 4.74 Å². The van der Waals surface area contributed by atoms with Gasteiger partial charge in [-0.3, -0.25) is 9.59 Å². The number of hydrogen-bond acceptors (Lipinski definition) is 3. The number of aromatic nitrogens is 1. The molecule has 0 fully saturated rings. The van der Waals surface area contributed by atoms with Gasteiger partial charge in [-0.05, 0) is 48.7 Å². The lowest BCUT2D eigenvalue weighted by Crippen LogP contribution is -2.30. The number of nitrogens with one attached hydrogen (secondary N) is 1.